The van der Waals surface area contributed by atoms with Crippen LogP contribution in [0.1, 0.15) is 30.5 Å². The molecule has 0 saturated heterocycles. The van der Waals surface area contributed by atoms with Crippen LogP contribution >= 0.6 is 0 Å². The molecule has 0 aromatic heterocycles. The van der Waals surface area contributed by atoms with Gasteiger partial charge in [0.2, 0.25) is 11.8 Å². The molecule has 126 valence electrons. The molecule has 0 aliphatic rings. The van der Waals surface area contributed by atoms with Gasteiger partial charge < -0.3 is 10.6 Å². The minimum Gasteiger partial charge on any atom is -0.352 e. The Morgan fingerprint density at radius 2 is 1.67 bits per heavy atom. The molecule has 0 heterocycles. The quantitative estimate of drug-likeness (QED) is 0.855. The Morgan fingerprint density at radius 3 is 2.29 bits per heavy atom. The Hall–Kier alpha value is -2.62. The molecule has 0 spiro atoms. The van der Waals surface area contributed by atoms with Crippen LogP contribution in [-0.4, -0.2) is 11.8 Å². The van der Waals surface area contributed by atoms with Crippen molar-refractivity contribution in [3.8, 4) is 0 Å². The molecule has 0 aliphatic heterocycles. The van der Waals surface area contributed by atoms with E-state index in [0.717, 1.165) is 22.4 Å². The number of aryl methyl sites for hydroxylation is 1. The number of amides is 2. The van der Waals surface area contributed by atoms with E-state index in [0.29, 0.717) is 13.0 Å². The second-order valence-electron chi connectivity index (χ2n) is 6.22. The highest BCUT2D eigenvalue weighted by Gasteiger charge is 2.08. The largest absolute Gasteiger partial charge is 0.352 e. The summed E-state index contributed by atoms with van der Waals surface area (Å²) in [4.78, 5) is 23.7. The zero-order chi connectivity index (χ0) is 17.5. The van der Waals surface area contributed by atoms with Crippen LogP contribution in [0.3, 0.4) is 0 Å². The summed E-state index contributed by atoms with van der Waals surface area (Å²) >= 11 is 0. The van der Waals surface area contributed by atoms with Crippen molar-refractivity contribution >= 4 is 17.5 Å². The molecule has 4 nitrogen and oxygen atoms in total. The van der Waals surface area contributed by atoms with Crippen LogP contribution in [0.5, 0.6) is 0 Å². The van der Waals surface area contributed by atoms with Crippen molar-refractivity contribution in [2.24, 2.45) is 5.92 Å². The number of carbonyl (C=O) groups is 2. The standard InChI is InChI=1S/C20H24N2O2/c1-14(2)20(24)22-18-10-8-16(9-11-18)13-21-19(23)12-17-7-5-4-6-15(17)3/h4-11,14H,12-13H2,1-3H3,(H,21,23)(H,22,24). The smallest absolute Gasteiger partial charge is 0.226 e. The average molecular weight is 324 g/mol. The van der Waals surface area contributed by atoms with Crippen LogP contribution in [0.25, 0.3) is 0 Å². The van der Waals surface area contributed by atoms with Crippen LogP contribution in [0.15, 0.2) is 48.5 Å². The van der Waals surface area contributed by atoms with Crippen LogP contribution in [-0.2, 0) is 22.6 Å². The van der Waals surface area contributed by atoms with E-state index in [4.69, 9.17) is 0 Å². The van der Waals surface area contributed by atoms with Gasteiger partial charge in [-0.2, -0.15) is 0 Å². The van der Waals surface area contributed by atoms with E-state index in [1.54, 1.807) is 0 Å². The number of carbonyl (C=O) groups excluding carboxylic acids is 2. The molecule has 0 saturated carbocycles. The maximum atomic E-state index is 12.1. The first-order valence-corrected chi connectivity index (χ1v) is 8.16. The lowest BCUT2D eigenvalue weighted by molar-refractivity contribution is -0.120. The second-order valence-corrected chi connectivity index (χ2v) is 6.22. The zero-order valence-corrected chi connectivity index (χ0v) is 14.4. The molecule has 2 rings (SSSR count). The van der Waals surface area contributed by atoms with Gasteiger partial charge in [-0.3, -0.25) is 9.59 Å². The van der Waals surface area contributed by atoms with Crippen LogP contribution in [0.2, 0.25) is 0 Å². The van der Waals surface area contributed by atoms with Crippen molar-refractivity contribution in [2.45, 2.75) is 33.7 Å². The van der Waals surface area contributed by atoms with Crippen molar-refractivity contribution in [1.82, 2.24) is 5.32 Å². The lowest BCUT2D eigenvalue weighted by Gasteiger charge is -2.10. The van der Waals surface area contributed by atoms with Crippen molar-refractivity contribution < 1.29 is 9.59 Å². The van der Waals surface area contributed by atoms with Gasteiger partial charge >= 0.3 is 0 Å². The monoisotopic (exact) mass is 324 g/mol. The third-order valence-corrected chi connectivity index (χ3v) is 3.85. The van der Waals surface area contributed by atoms with Crippen LogP contribution in [0.4, 0.5) is 5.69 Å². The SMILES string of the molecule is Cc1ccccc1CC(=O)NCc1ccc(NC(=O)C(C)C)cc1. The van der Waals surface area contributed by atoms with Gasteiger partial charge in [-0.1, -0.05) is 50.2 Å². The van der Waals surface area contributed by atoms with E-state index in [-0.39, 0.29) is 17.7 Å². The maximum absolute atomic E-state index is 12.1. The summed E-state index contributed by atoms with van der Waals surface area (Å²) in [5.74, 6) is -0.0545. The normalized spacial score (nSPS) is 10.5. The molecule has 0 bridgehead atoms. The van der Waals surface area contributed by atoms with E-state index < -0.39 is 0 Å². The molecule has 2 N–H and O–H groups in total. The molecule has 0 unspecified atom stereocenters. The Bertz CT molecular complexity index is 706. The van der Waals surface area contributed by atoms with Gasteiger partial charge in [0.1, 0.15) is 0 Å². The highest BCUT2D eigenvalue weighted by Crippen LogP contribution is 2.11. The van der Waals surface area contributed by atoms with E-state index in [1.807, 2.05) is 69.3 Å². The predicted molar refractivity (Wildman–Crippen MR) is 96.6 cm³/mol. The van der Waals surface area contributed by atoms with E-state index in [9.17, 15) is 9.59 Å². The lowest BCUT2D eigenvalue weighted by atomic mass is 10.1. The topological polar surface area (TPSA) is 58.2 Å². The molecule has 24 heavy (non-hydrogen) atoms. The highest BCUT2D eigenvalue weighted by molar-refractivity contribution is 5.92. The summed E-state index contributed by atoms with van der Waals surface area (Å²) in [5, 5.41) is 5.77. The molecular weight excluding hydrogens is 300 g/mol. The van der Waals surface area contributed by atoms with Gasteiger partial charge in [0, 0.05) is 18.2 Å². The van der Waals surface area contributed by atoms with Gasteiger partial charge in [0.15, 0.2) is 0 Å². The van der Waals surface area contributed by atoms with Crippen molar-refractivity contribution in [3.05, 3.63) is 65.2 Å². The molecule has 2 amide bonds. The summed E-state index contributed by atoms with van der Waals surface area (Å²) in [7, 11) is 0. The first kappa shape index (κ1) is 17.7. The van der Waals surface area contributed by atoms with Gasteiger partial charge in [0.05, 0.1) is 6.42 Å². The first-order valence-electron chi connectivity index (χ1n) is 8.16. The summed E-state index contributed by atoms with van der Waals surface area (Å²) < 4.78 is 0. The fourth-order valence-corrected chi connectivity index (χ4v) is 2.24. The molecule has 0 radical (unpaired) electrons. The summed E-state index contributed by atoms with van der Waals surface area (Å²) in [6.07, 6.45) is 0.384. The Balaban J connectivity index is 1.85. The third-order valence-electron chi connectivity index (χ3n) is 3.85. The van der Waals surface area contributed by atoms with Gasteiger partial charge in [-0.25, -0.2) is 0 Å². The van der Waals surface area contributed by atoms with Crippen molar-refractivity contribution in [1.29, 1.82) is 0 Å². The fraction of sp³-hybridized carbons (Fsp3) is 0.300. The molecular formula is C20H24N2O2. The Morgan fingerprint density at radius 1 is 1.00 bits per heavy atom. The molecule has 0 aliphatic carbocycles. The second kappa shape index (κ2) is 8.29. The first-order chi connectivity index (χ1) is 11.5. The highest BCUT2D eigenvalue weighted by atomic mass is 16.2. The van der Waals surface area contributed by atoms with E-state index in [2.05, 4.69) is 10.6 Å². The number of benzene rings is 2. The maximum Gasteiger partial charge on any atom is 0.226 e. The molecule has 0 fully saturated rings. The van der Waals surface area contributed by atoms with Crippen molar-refractivity contribution in [3.63, 3.8) is 0 Å². The third kappa shape index (κ3) is 5.23. The fourth-order valence-electron chi connectivity index (χ4n) is 2.24. The van der Waals surface area contributed by atoms with E-state index in [1.165, 1.54) is 0 Å². The number of hydrogen-bond acceptors (Lipinski definition) is 2. The molecule has 2 aromatic carbocycles. The van der Waals surface area contributed by atoms with Gasteiger partial charge in [0.25, 0.3) is 0 Å². The Kier molecular flexibility index (Phi) is 6.13. The zero-order valence-electron chi connectivity index (χ0n) is 14.4. The molecule has 0 atom stereocenters. The van der Waals surface area contributed by atoms with E-state index >= 15 is 0 Å². The minimum absolute atomic E-state index is 0.00138. The number of anilines is 1. The van der Waals surface area contributed by atoms with Gasteiger partial charge in [-0.05, 0) is 35.7 Å². The predicted octanol–water partition coefficient (Wildman–Crippen LogP) is 3.45. The number of nitrogens with one attached hydrogen (secondary N) is 2. The number of rotatable bonds is 6. The minimum atomic E-state index is -0.0505. The Labute approximate surface area is 143 Å². The molecule has 4 heteroatoms. The number of hydrogen-bond donors (Lipinski definition) is 2. The van der Waals surface area contributed by atoms with Crippen LogP contribution < -0.4 is 10.6 Å². The van der Waals surface area contributed by atoms with Crippen molar-refractivity contribution in [2.75, 3.05) is 5.32 Å². The van der Waals surface area contributed by atoms with Gasteiger partial charge in [-0.15, -0.1) is 0 Å². The lowest BCUT2D eigenvalue weighted by Crippen LogP contribution is -2.24. The molecule has 2 aromatic rings. The van der Waals surface area contributed by atoms with Crippen LogP contribution in [0, 0.1) is 12.8 Å². The average Bonchev–Trinajstić information content (AvgIpc) is 2.56. The summed E-state index contributed by atoms with van der Waals surface area (Å²) in [6, 6.07) is 15.4. The summed E-state index contributed by atoms with van der Waals surface area (Å²) in [5.41, 5.74) is 3.93. The summed E-state index contributed by atoms with van der Waals surface area (Å²) in [6.45, 7) is 6.19.